The van der Waals surface area contributed by atoms with Gasteiger partial charge < -0.3 is 10.1 Å². The summed E-state index contributed by atoms with van der Waals surface area (Å²) < 4.78 is 5.05. The summed E-state index contributed by atoms with van der Waals surface area (Å²) in [6, 6.07) is 7.92. The van der Waals surface area contributed by atoms with Gasteiger partial charge in [-0.25, -0.2) is 0 Å². The highest BCUT2D eigenvalue weighted by molar-refractivity contribution is 6.07. The molecule has 1 N–H and O–H groups in total. The Hall–Kier alpha value is -2.70. The molecule has 0 radical (unpaired) electrons. The second-order valence-electron chi connectivity index (χ2n) is 8.13. The van der Waals surface area contributed by atoms with Crippen molar-refractivity contribution < 1.29 is 23.9 Å². The third kappa shape index (κ3) is 4.04. The monoisotopic (exact) mass is 398 g/mol. The largest absolute Gasteiger partial charge is 0.454 e. The maximum Gasteiger partial charge on any atom is 0.326 e. The molecule has 3 aliphatic rings. The van der Waals surface area contributed by atoms with E-state index in [9.17, 15) is 19.2 Å². The number of aryl methyl sites for hydroxylation is 1. The second-order valence-corrected chi connectivity index (χ2v) is 8.13. The number of nitrogens with one attached hydrogen (secondary N) is 1. The van der Waals surface area contributed by atoms with E-state index in [1.54, 1.807) is 0 Å². The lowest BCUT2D eigenvalue weighted by molar-refractivity contribution is -0.155. The van der Waals surface area contributed by atoms with Crippen molar-refractivity contribution in [3.8, 4) is 0 Å². The molecule has 0 spiro atoms. The number of carbonyl (C=O) groups is 4. The zero-order valence-corrected chi connectivity index (χ0v) is 16.4. The molecule has 154 valence electrons. The molecule has 1 aromatic carbocycles. The maximum absolute atomic E-state index is 12.4. The molecule has 2 fully saturated rings. The van der Waals surface area contributed by atoms with Gasteiger partial charge in [-0.15, -0.1) is 0 Å². The lowest BCUT2D eigenvalue weighted by Crippen LogP contribution is -2.38. The highest BCUT2D eigenvalue weighted by Crippen LogP contribution is 2.37. The van der Waals surface area contributed by atoms with Gasteiger partial charge in [-0.2, -0.15) is 0 Å². The molecular formula is C22H26N2O5. The number of imide groups is 1. The van der Waals surface area contributed by atoms with Crippen LogP contribution in [0.3, 0.4) is 0 Å². The van der Waals surface area contributed by atoms with Crippen LogP contribution in [-0.2, 0) is 30.3 Å². The number of carbonyl (C=O) groups excluding carboxylic acids is 4. The lowest BCUT2D eigenvalue weighted by Gasteiger charge is -2.26. The third-order valence-corrected chi connectivity index (χ3v) is 6.29. The molecule has 2 aliphatic carbocycles. The highest BCUT2D eigenvalue weighted by atomic mass is 16.5. The van der Waals surface area contributed by atoms with Crippen LogP contribution in [0.1, 0.15) is 55.7 Å². The summed E-state index contributed by atoms with van der Waals surface area (Å²) in [7, 11) is 0. The van der Waals surface area contributed by atoms with Crippen molar-refractivity contribution in [2.24, 2.45) is 11.8 Å². The molecule has 0 unspecified atom stereocenters. The molecule has 3 amide bonds. The molecule has 1 saturated carbocycles. The summed E-state index contributed by atoms with van der Waals surface area (Å²) in [5.74, 6) is -2.25. The quantitative estimate of drug-likeness (QED) is 0.604. The number of hydrogen-bond acceptors (Lipinski definition) is 5. The maximum atomic E-state index is 12.4. The normalized spacial score (nSPS) is 25.9. The number of likely N-dealkylation sites (tertiary alicyclic amines) is 1. The number of ether oxygens (including phenoxy) is 1. The average Bonchev–Trinajstić information content (AvgIpc) is 2.98. The molecule has 1 aromatic rings. The summed E-state index contributed by atoms with van der Waals surface area (Å²) in [5.41, 5.74) is 2.34. The van der Waals surface area contributed by atoms with Gasteiger partial charge in [-0.1, -0.05) is 37.1 Å². The number of amides is 3. The Morgan fingerprint density at radius 3 is 2.41 bits per heavy atom. The molecular weight excluding hydrogens is 372 g/mol. The van der Waals surface area contributed by atoms with Gasteiger partial charge in [0.25, 0.3) is 5.91 Å². The third-order valence-electron chi connectivity index (χ3n) is 6.29. The number of hydrogen-bond donors (Lipinski definition) is 1. The number of fused-ring (bicyclic) bond motifs is 2. The van der Waals surface area contributed by atoms with E-state index in [-0.39, 0.29) is 35.6 Å². The number of nitrogens with zero attached hydrogens (tertiary/aromatic N) is 1. The zero-order chi connectivity index (χ0) is 20.4. The van der Waals surface area contributed by atoms with Crippen LogP contribution in [0.2, 0.25) is 0 Å². The summed E-state index contributed by atoms with van der Waals surface area (Å²) in [4.78, 5) is 50.3. The van der Waals surface area contributed by atoms with Crippen LogP contribution in [0.4, 0.5) is 0 Å². The van der Waals surface area contributed by atoms with E-state index in [4.69, 9.17) is 4.74 Å². The fourth-order valence-electron chi connectivity index (χ4n) is 4.85. The molecule has 1 saturated heterocycles. The molecule has 0 bridgehead atoms. The van der Waals surface area contributed by atoms with Crippen LogP contribution in [0.25, 0.3) is 0 Å². The predicted octanol–water partition coefficient (Wildman–Crippen LogP) is 1.90. The van der Waals surface area contributed by atoms with Crippen LogP contribution < -0.4 is 5.32 Å². The fourth-order valence-corrected chi connectivity index (χ4v) is 4.85. The molecule has 29 heavy (non-hydrogen) atoms. The van der Waals surface area contributed by atoms with Gasteiger partial charge in [-0.05, 0) is 43.2 Å². The fraction of sp³-hybridized carbons (Fsp3) is 0.545. The van der Waals surface area contributed by atoms with Crippen LogP contribution >= 0.6 is 0 Å². The predicted molar refractivity (Wildman–Crippen MR) is 103 cm³/mol. The standard InChI is InChI=1S/C22H26N2O5/c25-19(23-18-11-5-7-14-6-1-2-8-15(14)18)13-29-20(26)12-24-21(27)16-9-3-4-10-17(16)22(24)28/h1-2,6,8,16-18H,3-5,7,9-13H2,(H,23,25)/t16-,17-,18-/m0/s1. The van der Waals surface area contributed by atoms with Crippen molar-refractivity contribution in [2.45, 2.75) is 51.0 Å². The van der Waals surface area contributed by atoms with E-state index in [1.165, 1.54) is 5.56 Å². The summed E-state index contributed by atoms with van der Waals surface area (Å²) in [5, 5.41) is 2.92. The molecule has 0 aromatic heterocycles. The Bertz CT molecular complexity index is 812. The van der Waals surface area contributed by atoms with Gasteiger partial charge in [0.15, 0.2) is 6.61 Å². The van der Waals surface area contributed by atoms with Gasteiger partial charge >= 0.3 is 5.97 Å². The first-order valence-corrected chi connectivity index (χ1v) is 10.4. The first-order chi connectivity index (χ1) is 14.0. The first kappa shape index (κ1) is 19.6. The first-order valence-electron chi connectivity index (χ1n) is 10.4. The molecule has 3 atom stereocenters. The number of esters is 1. The van der Waals surface area contributed by atoms with Crippen molar-refractivity contribution in [1.82, 2.24) is 10.2 Å². The molecule has 1 heterocycles. The SMILES string of the molecule is O=C(COC(=O)CN1C(=O)[C@H]2CCCC[C@@H]2C1=O)N[C@H]1CCCc2ccccc21. The Kier molecular flexibility index (Phi) is 5.65. The van der Waals surface area contributed by atoms with Crippen LogP contribution in [-0.4, -0.2) is 41.7 Å². The topological polar surface area (TPSA) is 92.8 Å². The minimum Gasteiger partial charge on any atom is -0.454 e. The van der Waals surface area contributed by atoms with Gasteiger partial charge in [0.05, 0.1) is 17.9 Å². The van der Waals surface area contributed by atoms with E-state index < -0.39 is 19.1 Å². The smallest absolute Gasteiger partial charge is 0.326 e. The summed E-state index contributed by atoms with van der Waals surface area (Å²) >= 11 is 0. The van der Waals surface area contributed by atoms with E-state index in [0.717, 1.165) is 42.6 Å². The van der Waals surface area contributed by atoms with E-state index in [2.05, 4.69) is 11.4 Å². The van der Waals surface area contributed by atoms with Crippen molar-refractivity contribution in [3.05, 3.63) is 35.4 Å². The molecule has 7 nitrogen and oxygen atoms in total. The molecule has 4 rings (SSSR count). The Morgan fingerprint density at radius 1 is 1.00 bits per heavy atom. The van der Waals surface area contributed by atoms with E-state index >= 15 is 0 Å². The summed E-state index contributed by atoms with van der Waals surface area (Å²) in [6.07, 6.45) is 6.10. The van der Waals surface area contributed by atoms with Gasteiger partial charge in [0.2, 0.25) is 11.8 Å². The van der Waals surface area contributed by atoms with Gasteiger partial charge in [0, 0.05) is 0 Å². The molecule has 1 aliphatic heterocycles. The average molecular weight is 398 g/mol. The van der Waals surface area contributed by atoms with E-state index in [1.807, 2.05) is 18.2 Å². The zero-order valence-electron chi connectivity index (χ0n) is 16.4. The minimum atomic E-state index is -0.732. The second kappa shape index (κ2) is 8.35. The number of rotatable bonds is 5. The van der Waals surface area contributed by atoms with Crippen LogP contribution in [0.15, 0.2) is 24.3 Å². The minimum absolute atomic E-state index is 0.0870. The van der Waals surface area contributed by atoms with Crippen molar-refractivity contribution in [2.75, 3.05) is 13.2 Å². The van der Waals surface area contributed by atoms with Crippen LogP contribution in [0.5, 0.6) is 0 Å². The van der Waals surface area contributed by atoms with Crippen molar-refractivity contribution in [1.29, 1.82) is 0 Å². The lowest BCUT2D eigenvalue weighted by atomic mass is 9.81. The van der Waals surface area contributed by atoms with E-state index in [0.29, 0.717) is 12.8 Å². The van der Waals surface area contributed by atoms with Crippen LogP contribution in [0, 0.1) is 11.8 Å². The van der Waals surface area contributed by atoms with Gasteiger partial charge in [0.1, 0.15) is 6.54 Å². The Morgan fingerprint density at radius 2 is 1.69 bits per heavy atom. The van der Waals surface area contributed by atoms with Gasteiger partial charge in [-0.3, -0.25) is 24.1 Å². The Labute approximate surface area is 169 Å². The van der Waals surface area contributed by atoms with Crippen molar-refractivity contribution in [3.63, 3.8) is 0 Å². The number of benzene rings is 1. The molecule has 7 heteroatoms. The Balaban J connectivity index is 1.27. The highest BCUT2D eigenvalue weighted by Gasteiger charge is 2.48. The van der Waals surface area contributed by atoms with Crippen molar-refractivity contribution >= 4 is 23.7 Å². The summed E-state index contributed by atoms with van der Waals surface area (Å²) in [6.45, 7) is -0.829.